The van der Waals surface area contributed by atoms with Gasteiger partial charge in [0.25, 0.3) is 0 Å². The lowest BCUT2D eigenvalue weighted by molar-refractivity contribution is 0.959. The number of benzene rings is 2. The van der Waals surface area contributed by atoms with E-state index in [0.29, 0.717) is 5.02 Å². The molecule has 3 heteroatoms. The van der Waals surface area contributed by atoms with E-state index in [-0.39, 0.29) is 0 Å². The van der Waals surface area contributed by atoms with Crippen molar-refractivity contribution in [3.8, 4) is 11.4 Å². The third-order valence-electron chi connectivity index (χ3n) is 2.81. The number of nitrogens with zero attached hydrogens (tertiary/aromatic N) is 2. The molecule has 0 bridgehead atoms. The van der Waals surface area contributed by atoms with E-state index in [9.17, 15) is 0 Å². The molecule has 0 aliphatic carbocycles. The zero-order valence-electron chi connectivity index (χ0n) is 9.31. The molecule has 0 aliphatic rings. The van der Waals surface area contributed by atoms with Crippen LogP contribution >= 0.6 is 11.6 Å². The Balaban J connectivity index is 2.27. The Kier molecular flexibility index (Phi) is 2.37. The lowest BCUT2D eigenvalue weighted by Gasteiger charge is -2.02. The Morgan fingerprint density at radius 1 is 1.24 bits per heavy atom. The Morgan fingerprint density at radius 3 is 2.82 bits per heavy atom. The highest BCUT2D eigenvalue weighted by atomic mass is 35.5. The highest BCUT2D eigenvalue weighted by molar-refractivity contribution is 6.30. The second-order valence-corrected chi connectivity index (χ2v) is 4.32. The SMILES string of the molecule is Cn1c(-c2cc[c]c(Cl)c2)nc2ccccc21. The maximum Gasteiger partial charge on any atom is 0.140 e. The molecule has 0 N–H and O–H groups in total. The number of para-hydroxylation sites is 2. The summed E-state index contributed by atoms with van der Waals surface area (Å²) in [5.41, 5.74) is 3.12. The summed E-state index contributed by atoms with van der Waals surface area (Å²) >= 11 is 5.95. The Hall–Kier alpha value is -1.80. The van der Waals surface area contributed by atoms with Gasteiger partial charge in [-0.05, 0) is 18.2 Å². The fraction of sp³-hybridized carbons (Fsp3) is 0.0714. The summed E-state index contributed by atoms with van der Waals surface area (Å²) in [6, 6.07) is 16.7. The second kappa shape index (κ2) is 3.90. The van der Waals surface area contributed by atoms with Crippen LogP contribution in [0.1, 0.15) is 0 Å². The predicted octanol–water partition coefficient (Wildman–Crippen LogP) is 3.69. The molecule has 0 aliphatic heterocycles. The maximum absolute atomic E-state index is 5.95. The topological polar surface area (TPSA) is 17.8 Å². The van der Waals surface area contributed by atoms with E-state index in [4.69, 9.17) is 11.6 Å². The molecule has 0 saturated heterocycles. The van der Waals surface area contributed by atoms with Crippen molar-refractivity contribution < 1.29 is 0 Å². The number of aromatic nitrogens is 2. The van der Waals surface area contributed by atoms with Crippen LogP contribution in [-0.4, -0.2) is 9.55 Å². The van der Waals surface area contributed by atoms with E-state index in [0.717, 1.165) is 22.4 Å². The van der Waals surface area contributed by atoms with Crippen molar-refractivity contribution in [2.75, 3.05) is 0 Å². The number of aryl methyl sites for hydroxylation is 1. The molecule has 3 rings (SSSR count). The van der Waals surface area contributed by atoms with Crippen LogP contribution < -0.4 is 0 Å². The average Bonchev–Trinajstić information content (AvgIpc) is 2.68. The smallest absolute Gasteiger partial charge is 0.140 e. The van der Waals surface area contributed by atoms with Gasteiger partial charge in [-0.3, -0.25) is 0 Å². The molecule has 1 aromatic heterocycles. The van der Waals surface area contributed by atoms with Crippen LogP contribution in [0.5, 0.6) is 0 Å². The molecule has 83 valence electrons. The van der Waals surface area contributed by atoms with Crippen LogP contribution in [0.25, 0.3) is 22.4 Å². The molecule has 0 fully saturated rings. The van der Waals surface area contributed by atoms with E-state index >= 15 is 0 Å². The van der Waals surface area contributed by atoms with Gasteiger partial charge in [0.1, 0.15) is 5.82 Å². The van der Waals surface area contributed by atoms with Crippen LogP contribution in [0.2, 0.25) is 5.02 Å². The number of hydrogen-bond donors (Lipinski definition) is 0. The van der Waals surface area contributed by atoms with Crippen molar-refractivity contribution in [1.82, 2.24) is 9.55 Å². The van der Waals surface area contributed by atoms with Crippen molar-refractivity contribution in [2.24, 2.45) is 7.05 Å². The zero-order valence-corrected chi connectivity index (χ0v) is 10.1. The Morgan fingerprint density at radius 2 is 2.06 bits per heavy atom. The quantitative estimate of drug-likeness (QED) is 0.635. The molecule has 17 heavy (non-hydrogen) atoms. The van der Waals surface area contributed by atoms with Gasteiger partial charge in [-0.2, -0.15) is 0 Å². The van der Waals surface area contributed by atoms with Crippen molar-refractivity contribution in [2.45, 2.75) is 0 Å². The average molecular weight is 242 g/mol. The monoisotopic (exact) mass is 241 g/mol. The lowest BCUT2D eigenvalue weighted by atomic mass is 10.2. The van der Waals surface area contributed by atoms with Gasteiger partial charge >= 0.3 is 0 Å². The number of halogens is 1. The molecule has 0 saturated carbocycles. The summed E-state index contributed by atoms with van der Waals surface area (Å²) < 4.78 is 2.07. The summed E-state index contributed by atoms with van der Waals surface area (Å²) in [4.78, 5) is 4.61. The van der Waals surface area contributed by atoms with E-state index in [1.165, 1.54) is 0 Å². The molecule has 0 spiro atoms. The number of rotatable bonds is 1. The Bertz CT molecular complexity index is 686. The summed E-state index contributed by atoms with van der Waals surface area (Å²) in [5.74, 6) is 0.919. The molecule has 3 aromatic rings. The fourth-order valence-corrected chi connectivity index (χ4v) is 2.16. The van der Waals surface area contributed by atoms with Crippen LogP contribution in [-0.2, 0) is 7.05 Å². The normalized spacial score (nSPS) is 10.9. The van der Waals surface area contributed by atoms with E-state index < -0.39 is 0 Å². The molecule has 2 nitrogen and oxygen atoms in total. The number of imidazole rings is 1. The summed E-state index contributed by atoms with van der Waals surface area (Å²) in [6.07, 6.45) is 0. The van der Waals surface area contributed by atoms with E-state index in [1.54, 1.807) is 0 Å². The highest BCUT2D eigenvalue weighted by Gasteiger charge is 2.09. The molecule has 0 atom stereocenters. The molecule has 0 unspecified atom stereocenters. The summed E-state index contributed by atoms with van der Waals surface area (Å²) in [7, 11) is 2.01. The van der Waals surface area contributed by atoms with Gasteiger partial charge in [-0.15, -0.1) is 0 Å². The van der Waals surface area contributed by atoms with Gasteiger partial charge in [0, 0.05) is 23.7 Å². The first-order valence-electron chi connectivity index (χ1n) is 5.35. The standard InChI is InChI=1S/C14H10ClN2/c1-17-13-8-3-2-7-12(13)16-14(17)10-5-4-6-11(15)9-10/h2-5,7-9H,1H3. The first-order valence-corrected chi connectivity index (χ1v) is 5.72. The third-order valence-corrected chi connectivity index (χ3v) is 3.03. The highest BCUT2D eigenvalue weighted by Crippen LogP contribution is 2.25. The summed E-state index contributed by atoms with van der Waals surface area (Å²) in [6.45, 7) is 0. The predicted molar refractivity (Wildman–Crippen MR) is 70.0 cm³/mol. The Labute approximate surface area is 104 Å². The molecule has 0 amide bonds. The zero-order chi connectivity index (χ0) is 11.8. The molecular formula is C14H10ClN2. The number of hydrogen-bond acceptors (Lipinski definition) is 1. The summed E-state index contributed by atoms with van der Waals surface area (Å²) in [5, 5.41) is 0.606. The van der Waals surface area contributed by atoms with Gasteiger partial charge in [0.05, 0.1) is 11.0 Å². The first kappa shape index (κ1) is 10.4. The van der Waals surface area contributed by atoms with Gasteiger partial charge in [-0.25, -0.2) is 4.98 Å². The number of fused-ring (bicyclic) bond motifs is 1. The van der Waals surface area contributed by atoms with Crippen LogP contribution in [0.15, 0.2) is 42.5 Å². The van der Waals surface area contributed by atoms with Crippen LogP contribution in [0.4, 0.5) is 0 Å². The lowest BCUT2D eigenvalue weighted by Crippen LogP contribution is -1.92. The van der Waals surface area contributed by atoms with E-state index in [1.807, 2.05) is 43.4 Å². The first-order chi connectivity index (χ1) is 8.25. The largest absolute Gasteiger partial charge is 0.327 e. The fourth-order valence-electron chi connectivity index (χ4n) is 1.98. The minimum absolute atomic E-state index is 0.606. The van der Waals surface area contributed by atoms with E-state index in [2.05, 4.69) is 21.7 Å². The molecule has 1 heterocycles. The van der Waals surface area contributed by atoms with Crippen molar-refractivity contribution in [1.29, 1.82) is 0 Å². The van der Waals surface area contributed by atoms with Gasteiger partial charge in [0.2, 0.25) is 0 Å². The minimum Gasteiger partial charge on any atom is -0.327 e. The van der Waals surface area contributed by atoms with Gasteiger partial charge in [0.15, 0.2) is 0 Å². The molecular weight excluding hydrogens is 232 g/mol. The third kappa shape index (κ3) is 1.71. The minimum atomic E-state index is 0.606. The maximum atomic E-state index is 5.95. The van der Waals surface area contributed by atoms with Crippen molar-refractivity contribution >= 4 is 22.6 Å². The molecule has 1 radical (unpaired) electrons. The van der Waals surface area contributed by atoms with Crippen molar-refractivity contribution in [3.05, 3.63) is 53.6 Å². The van der Waals surface area contributed by atoms with Crippen molar-refractivity contribution in [3.63, 3.8) is 0 Å². The van der Waals surface area contributed by atoms with Gasteiger partial charge in [-0.1, -0.05) is 35.9 Å². The van der Waals surface area contributed by atoms with Gasteiger partial charge < -0.3 is 4.57 Å². The second-order valence-electron chi connectivity index (χ2n) is 3.91. The van der Waals surface area contributed by atoms with Crippen LogP contribution in [0, 0.1) is 6.07 Å². The van der Waals surface area contributed by atoms with Crippen LogP contribution in [0.3, 0.4) is 0 Å². The molecule has 2 aromatic carbocycles.